The number of nitrogens with one attached hydrogen (secondary N) is 1. The minimum atomic E-state index is -1.28. The topological polar surface area (TPSA) is 124 Å². The molecular formula is C27H35FN6O4Si. The number of benzene rings is 1. The Balaban J connectivity index is 1.71. The van der Waals surface area contributed by atoms with Crippen LogP contribution in [0.5, 0.6) is 0 Å². The molecular weight excluding hydrogens is 519 g/mol. The third-order valence-electron chi connectivity index (χ3n) is 6.50. The Bertz CT molecular complexity index is 1510. The van der Waals surface area contributed by atoms with Gasteiger partial charge in [0, 0.05) is 46.3 Å². The number of carbonyl (C=O) groups is 2. The first-order valence-electron chi connectivity index (χ1n) is 13.0. The number of aliphatic hydroxyl groups is 1. The number of halogens is 1. The van der Waals surface area contributed by atoms with Crippen LogP contribution in [0.4, 0.5) is 4.39 Å². The Morgan fingerprint density at radius 3 is 2.74 bits per heavy atom. The quantitative estimate of drug-likeness (QED) is 0.201. The van der Waals surface area contributed by atoms with Crippen molar-refractivity contribution in [2.45, 2.75) is 58.2 Å². The summed E-state index contributed by atoms with van der Waals surface area (Å²) < 4.78 is 23.1. The van der Waals surface area contributed by atoms with Crippen LogP contribution in [0, 0.1) is 5.82 Å². The third-order valence-corrected chi connectivity index (χ3v) is 8.21. The van der Waals surface area contributed by atoms with Crippen molar-refractivity contribution < 1.29 is 23.8 Å². The lowest BCUT2D eigenvalue weighted by Crippen LogP contribution is -2.38. The summed E-state index contributed by atoms with van der Waals surface area (Å²) in [6.45, 7) is 9.13. The highest BCUT2D eigenvalue weighted by Gasteiger charge is 2.23. The van der Waals surface area contributed by atoms with Crippen molar-refractivity contribution in [1.82, 2.24) is 29.6 Å². The van der Waals surface area contributed by atoms with Gasteiger partial charge in [0.2, 0.25) is 0 Å². The van der Waals surface area contributed by atoms with Gasteiger partial charge in [-0.25, -0.2) is 14.4 Å². The van der Waals surface area contributed by atoms with Crippen LogP contribution in [0.2, 0.25) is 25.7 Å². The second kappa shape index (κ2) is 11.7. The Morgan fingerprint density at radius 2 is 2.03 bits per heavy atom. The molecule has 3 aromatic heterocycles. The molecule has 0 unspecified atom stereocenters. The molecule has 39 heavy (non-hydrogen) atoms. The average Bonchev–Trinajstić information content (AvgIpc) is 3.41. The van der Waals surface area contributed by atoms with E-state index in [1.54, 1.807) is 41.7 Å². The second-order valence-corrected chi connectivity index (χ2v) is 16.5. The number of Topliss-reactive ketones (excluding diaryl/α,β-unsaturated/α-hetero) is 1. The Labute approximate surface area is 227 Å². The highest BCUT2D eigenvalue weighted by atomic mass is 28.3. The molecule has 0 aliphatic rings. The number of aryl methyl sites for hydroxylation is 1. The van der Waals surface area contributed by atoms with E-state index < -0.39 is 20.0 Å². The number of amides is 1. The predicted octanol–water partition coefficient (Wildman–Crippen LogP) is 3.90. The zero-order chi connectivity index (χ0) is 28.3. The van der Waals surface area contributed by atoms with E-state index in [2.05, 4.69) is 35.0 Å². The highest BCUT2D eigenvalue weighted by Crippen LogP contribution is 2.29. The lowest BCUT2D eigenvalue weighted by Gasteiger charge is -2.15. The largest absolute Gasteiger partial charge is 0.396 e. The van der Waals surface area contributed by atoms with E-state index >= 15 is 0 Å². The molecule has 0 saturated heterocycles. The molecule has 12 heteroatoms. The first-order chi connectivity index (χ1) is 18.5. The first-order valence-corrected chi connectivity index (χ1v) is 16.7. The van der Waals surface area contributed by atoms with Gasteiger partial charge in [-0.15, -0.1) is 0 Å². The third kappa shape index (κ3) is 6.57. The summed E-state index contributed by atoms with van der Waals surface area (Å²) in [6, 6.07) is 4.67. The molecule has 4 rings (SSSR count). The van der Waals surface area contributed by atoms with Crippen LogP contribution in [-0.4, -0.2) is 68.4 Å². The molecule has 0 aliphatic heterocycles. The van der Waals surface area contributed by atoms with Gasteiger partial charge in [0.25, 0.3) is 5.91 Å². The van der Waals surface area contributed by atoms with Crippen molar-refractivity contribution in [3.63, 3.8) is 0 Å². The smallest absolute Gasteiger partial charge is 0.255 e. The van der Waals surface area contributed by atoms with Gasteiger partial charge in [-0.1, -0.05) is 19.6 Å². The standard InChI is InChI=1S/C27H35FN6O4Si/c1-17(23(36)7-6-10-35)30-27(37)20-15-34(16-38-11-12-39(3,4)5)26-25(20)31-21(14-29-26)24-19-9-8-18(28)13-22(19)33(2)32-24/h8-9,13-15,17,35H,6-7,10-12,16H2,1-5H3,(H,30,37)/t17-/m1/s1. The zero-order valence-corrected chi connectivity index (χ0v) is 24.0. The highest BCUT2D eigenvalue weighted by molar-refractivity contribution is 6.76. The molecule has 3 heterocycles. The van der Waals surface area contributed by atoms with E-state index in [1.165, 1.54) is 12.1 Å². The monoisotopic (exact) mass is 554 g/mol. The molecule has 1 amide bonds. The second-order valence-electron chi connectivity index (χ2n) is 10.9. The van der Waals surface area contributed by atoms with Crippen LogP contribution >= 0.6 is 0 Å². The fraction of sp³-hybridized carbons (Fsp3) is 0.444. The van der Waals surface area contributed by atoms with Crippen LogP contribution in [0.25, 0.3) is 33.5 Å². The van der Waals surface area contributed by atoms with Gasteiger partial charge < -0.3 is 19.7 Å². The molecule has 0 fully saturated rings. The van der Waals surface area contributed by atoms with E-state index in [4.69, 9.17) is 14.8 Å². The molecule has 4 aromatic rings. The van der Waals surface area contributed by atoms with E-state index in [0.29, 0.717) is 46.5 Å². The van der Waals surface area contributed by atoms with Crippen LogP contribution in [-0.2, 0) is 23.3 Å². The SMILES string of the molecule is C[C@@H](NC(=O)c1cn(COCC[Si](C)(C)C)c2ncc(-c3nn(C)c4cc(F)ccc34)nc12)C(=O)CCCO. The number of ether oxygens (including phenoxy) is 1. The number of carbonyl (C=O) groups excluding carboxylic acids is 2. The summed E-state index contributed by atoms with van der Waals surface area (Å²) in [6.07, 6.45) is 3.72. The van der Waals surface area contributed by atoms with Crippen molar-refractivity contribution in [3.05, 3.63) is 42.0 Å². The molecule has 1 atom stereocenters. The molecule has 0 aliphatic carbocycles. The average molecular weight is 555 g/mol. The maximum atomic E-state index is 13.8. The van der Waals surface area contributed by atoms with Crippen molar-refractivity contribution >= 4 is 41.8 Å². The molecule has 208 valence electrons. The number of rotatable bonds is 12. The van der Waals surface area contributed by atoms with Crippen molar-refractivity contribution in [2.24, 2.45) is 7.05 Å². The molecule has 10 nitrogen and oxygen atoms in total. The minimum absolute atomic E-state index is 0.0925. The summed E-state index contributed by atoms with van der Waals surface area (Å²) in [5, 5.41) is 17.0. The van der Waals surface area contributed by atoms with E-state index in [-0.39, 0.29) is 36.9 Å². The predicted molar refractivity (Wildman–Crippen MR) is 150 cm³/mol. The van der Waals surface area contributed by atoms with Gasteiger partial charge in [-0.3, -0.25) is 14.3 Å². The summed E-state index contributed by atoms with van der Waals surface area (Å²) in [7, 11) is 0.446. The summed E-state index contributed by atoms with van der Waals surface area (Å²) in [4.78, 5) is 35.1. The van der Waals surface area contributed by atoms with Crippen LogP contribution in [0.1, 0.15) is 30.1 Å². The Morgan fingerprint density at radius 1 is 1.26 bits per heavy atom. The fourth-order valence-electron chi connectivity index (χ4n) is 4.22. The van der Waals surface area contributed by atoms with Crippen LogP contribution in [0.3, 0.4) is 0 Å². The van der Waals surface area contributed by atoms with E-state index in [0.717, 1.165) is 6.04 Å². The molecule has 0 spiro atoms. The van der Waals surface area contributed by atoms with Crippen molar-refractivity contribution in [1.29, 1.82) is 0 Å². The number of hydrogen-bond donors (Lipinski definition) is 2. The number of nitrogens with zero attached hydrogens (tertiary/aromatic N) is 5. The first kappa shape index (κ1) is 28.5. The number of ketones is 1. The van der Waals surface area contributed by atoms with E-state index in [9.17, 15) is 14.0 Å². The number of aromatic nitrogens is 5. The summed E-state index contributed by atoms with van der Waals surface area (Å²) >= 11 is 0. The van der Waals surface area contributed by atoms with Crippen molar-refractivity contribution in [2.75, 3.05) is 13.2 Å². The minimum Gasteiger partial charge on any atom is -0.396 e. The van der Waals surface area contributed by atoms with Gasteiger partial charge >= 0.3 is 0 Å². The van der Waals surface area contributed by atoms with Gasteiger partial charge in [-0.05, 0) is 37.6 Å². The van der Waals surface area contributed by atoms with Crippen LogP contribution in [0.15, 0.2) is 30.6 Å². The molecule has 1 aromatic carbocycles. The fourth-order valence-corrected chi connectivity index (χ4v) is 4.97. The lowest BCUT2D eigenvalue weighted by atomic mass is 10.1. The number of hydrogen-bond acceptors (Lipinski definition) is 7. The molecule has 0 radical (unpaired) electrons. The maximum Gasteiger partial charge on any atom is 0.255 e. The van der Waals surface area contributed by atoms with Crippen molar-refractivity contribution in [3.8, 4) is 11.4 Å². The molecule has 0 bridgehead atoms. The lowest BCUT2D eigenvalue weighted by molar-refractivity contribution is -0.120. The summed E-state index contributed by atoms with van der Waals surface area (Å²) in [5.74, 6) is -1.01. The Kier molecular flexibility index (Phi) is 8.57. The van der Waals surface area contributed by atoms with Gasteiger partial charge in [0.1, 0.15) is 29.5 Å². The molecule has 0 saturated carbocycles. The Hall–Kier alpha value is -3.48. The van der Waals surface area contributed by atoms with Gasteiger partial charge in [0.05, 0.1) is 23.3 Å². The normalized spacial score (nSPS) is 12.8. The van der Waals surface area contributed by atoms with E-state index in [1.807, 2.05) is 0 Å². The van der Waals surface area contributed by atoms with Crippen LogP contribution < -0.4 is 5.32 Å². The number of aliphatic hydroxyl groups excluding tert-OH is 1. The van der Waals surface area contributed by atoms with Gasteiger partial charge in [-0.2, -0.15) is 5.10 Å². The summed E-state index contributed by atoms with van der Waals surface area (Å²) in [5.41, 5.74) is 2.60. The van der Waals surface area contributed by atoms with Gasteiger partial charge in [0.15, 0.2) is 11.4 Å². The molecule has 2 N–H and O–H groups in total. The zero-order valence-electron chi connectivity index (χ0n) is 23.0. The maximum absolute atomic E-state index is 13.8. The number of fused-ring (bicyclic) bond motifs is 2.